The molecule has 1 aromatic carbocycles. The molecule has 5 nitrogen and oxygen atoms in total. The minimum Gasteiger partial charge on any atom is -0.493 e. The van der Waals surface area contributed by atoms with Crippen molar-refractivity contribution in [2.75, 3.05) is 6.61 Å². The van der Waals surface area contributed by atoms with Crippen molar-refractivity contribution in [3.05, 3.63) is 29.8 Å². The number of carboxylic acid groups (broad SMARTS) is 1. The first-order valence-electron chi connectivity index (χ1n) is 5.73. The summed E-state index contributed by atoms with van der Waals surface area (Å²) in [4.78, 5) is 23.1. The summed E-state index contributed by atoms with van der Waals surface area (Å²) >= 11 is 0. The molecule has 5 heteroatoms. The topological polar surface area (TPSA) is 75.6 Å². The van der Waals surface area contributed by atoms with E-state index in [0.29, 0.717) is 11.3 Å². The van der Waals surface area contributed by atoms with Crippen molar-refractivity contribution in [3.8, 4) is 5.75 Å². The maximum atomic E-state index is 11.7. The molecule has 0 saturated heterocycles. The normalized spacial score (nSPS) is 25.8. The first kappa shape index (κ1) is 12.4. The second-order valence-corrected chi connectivity index (χ2v) is 4.50. The van der Waals surface area contributed by atoms with E-state index in [9.17, 15) is 14.7 Å². The van der Waals surface area contributed by atoms with Gasteiger partial charge in [0.15, 0.2) is 5.54 Å². The van der Waals surface area contributed by atoms with Crippen LogP contribution >= 0.6 is 0 Å². The molecule has 1 heterocycles. The van der Waals surface area contributed by atoms with Crippen LogP contribution in [0.5, 0.6) is 5.75 Å². The molecule has 2 atom stereocenters. The van der Waals surface area contributed by atoms with Gasteiger partial charge >= 0.3 is 5.97 Å². The molecule has 2 N–H and O–H groups in total. The van der Waals surface area contributed by atoms with Crippen molar-refractivity contribution in [2.45, 2.75) is 19.4 Å². The first-order chi connectivity index (χ1) is 8.48. The van der Waals surface area contributed by atoms with Gasteiger partial charge in [-0.25, -0.2) is 4.79 Å². The van der Waals surface area contributed by atoms with Gasteiger partial charge in [-0.1, -0.05) is 25.1 Å². The molecule has 0 spiro atoms. The highest BCUT2D eigenvalue weighted by Crippen LogP contribution is 2.40. The second kappa shape index (κ2) is 4.33. The lowest BCUT2D eigenvalue weighted by molar-refractivity contribution is -0.152. The Kier molecular flexibility index (Phi) is 2.98. The highest BCUT2D eigenvalue weighted by atomic mass is 16.5. The molecular formula is C13H15NO4. The largest absolute Gasteiger partial charge is 0.493 e. The SMILES string of the molecule is CC(=O)NC1(C(=O)O)c2ccccc2OCC1C. The van der Waals surface area contributed by atoms with Crippen LogP contribution < -0.4 is 10.1 Å². The lowest BCUT2D eigenvalue weighted by Gasteiger charge is -2.40. The third-order valence-corrected chi connectivity index (χ3v) is 3.25. The predicted molar refractivity (Wildman–Crippen MR) is 64.2 cm³/mol. The summed E-state index contributed by atoms with van der Waals surface area (Å²) in [6, 6.07) is 6.89. The number of nitrogens with one attached hydrogen (secondary N) is 1. The van der Waals surface area contributed by atoms with Crippen molar-refractivity contribution in [3.63, 3.8) is 0 Å². The van der Waals surface area contributed by atoms with Gasteiger partial charge in [0.1, 0.15) is 5.75 Å². The first-order valence-corrected chi connectivity index (χ1v) is 5.73. The quantitative estimate of drug-likeness (QED) is 0.823. The molecule has 2 unspecified atom stereocenters. The number of rotatable bonds is 2. The monoisotopic (exact) mass is 249 g/mol. The minimum absolute atomic E-state index is 0.254. The zero-order valence-corrected chi connectivity index (χ0v) is 10.3. The Morgan fingerprint density at radius 2 is 2.11 bits per heavy atom. The van der Waals surface area contributed by atoms with E-state index in [1.807, 2.05) is 0 Å². The number of fused-ring (bicyclic) bond motifs is 1. The van der Waals surface area contributed by atoms with E-state index in [-0.39, 0.29) is 18.4 Å². The third kappa shape index (κ3) is 1.72. The van der Waals surface area contributed by atoms with Crippen molar-refractivity contribution in [1.29, 1.82) is 0 Å². The summed E-state index contributed by atoms with van der Waals surface area (Å²) in [6.45, 7) is 3.32. The van der Waals surface area contributed by atoms with E-state index in [1.54, 1.807) is 31.2 Å². The fraction of sp³-hybridized carbons (Fsp3) is 0.385. The minimum atomic E-state index is -1.42. The zero-order chi connectivity index (χ0) is 13.3. The number of carbonyl (C=O) groups excluding carboxylic acids is 1. The molecule has 0 radical (unpaired) electrons. The highest BCUT2D eigenvalue weighted by Gasteiger charge is 2.50. The molecular weight excluding hydrogens is 234 g/mol. The highest BCUT2D eigenvalue weighted by molar-refractivity contribution is 5.88. The summed E-state index contributed by atoms with van der Waals surface area (Å²) in [5, 5.41) is 12.2. The second-order valence-electron chi connectivity index (χ2n) is 4.50. The van der Waals surface area contributed by atoms with Crippen molar-refractivity contribution < 1.29 is 19.4 Å². The molecule has 1 aliphatic rings. The van der Waals surface area contributed by atoms with Crippen LogP contribution in [0.3, 0.4) is 0 Å². The molecule has 1 amide bonds. The maximum absolute atomic E-state index is 11.7. The summed E-state index contributed by atoms with van der Waals surface area (Å²) in [7, 11) is 0. The Labute approximate surface area is 105 Å². The van der Waals surface area contributed by atoms with Crippen LogP contribution in [0.1, 0.15) is 19.4 Å². The number of hydrogen-bond donors (Lipinski definition) is 2. The van der Waals surface area contributed by atoms with Gasteiger partial charge in [0.25, 0.3) is 0 Å². The van der Waals surface area contributed by atoms with Gasteiger partial charge in [-0.2, -0.15) is 0 Å². The van der Waals surface area contributed by atoms with Gasteiger partial charge in [0.05, 0.1) is 6.61 Å². The average Bonchev–Trinajstić information content (AvgIpc) is 2.32. The molecule has 0 bridgehead atoms. The van der Waals surface area contributed by atoms with Gasteiger partial charge in [-0.3, -0.25) is 4.79 Å². The maximum Gasteiger partial charge on any atom is 0.334 e. The zero-order valence-electron chi connectivity index (χ0n) is 10.3. The lowest BCUT2D eigenvalue weighted by Crippen LogP contribution is -2.58. The van der Waals surface area contributed by atoms with Crippen LogP contribution in [0.2, 0.25) is 0 Å². The molecule has 2 rings (SSSR count). The predicted octanol–water partition coefficient (Wildman–Crippen LogP) is 1.13. The Hall–Kier alpha value is -2.04. The molecule has 1 aliphatic heterocycles. The molecule has 0 aliphatic carbocycles. The number of aliphatic carboxylic acids is 1. The molecule has 96 valence electrons. The number of amides is 1. The Bertz CT molecular complexity index is 500. The Balaban J connectivity index is 2.63. The van der Waals surface area contributed by atoms with Gasteiger partial charge < -0.3 is 15.2 Å². The van der Waals surface area contributed by atoms with Crippen LogP contribution in [-0.4, -0.2) is 23.6 Å². The van der Waals surface area contributed by atoms with Gasteiger partial charge in [0, 0.05) is 18.4 Å². The number of carbonyl (C=O) groups is 2. The summed E-state index contributed by atoms with van der Waals surface area (Å²) in [5.74, 6) is -1.29. The van der Waals surface area contributed by atoms with Crippen molar-refractivity contribution in [1.82, 2.24) is 5.32 Å². The molecule has 0 saturated carbocycles. The van der Waals surface area contributed by atoms with Crippen molar-refractivity contribution in [2.24, 2.45) is 5.92 Å². The number of ether oxygens (including phenoxy) is 1. The van der Waals surface area contributed by atoms with Crippen molar-refractivity contribution >= 4 is 11.9 Å². The summed E-state index contributed by atoms with van der Waals surface area (Å²) in [5.41, 5.74) is -0.924. The van der Waals surface area contributed by atoms with E-state index < -0.39 is 11.5 Å². The van der Waals surface area contributed by atoms with Gasteiger partial charge in [0.2, 0.25) is 5.91 Å². The number of benzene rings is 1. The number of carboxylic acids is 1. The number of hydrogen-bond acceptors (Lipinski definition) is 3. The Morgan fingerprint density at radius 1 is 1.44 bits per heavy atom. The molecule has 0 aromatic heterocycles. The van der Waals surface area contributed by atoms with E-state index in [1.165, 1.54) is 6.92 Å². The standard InChI is InChI=1S/C13H15NO4/c1-8-7-18-11-6-4-3-5-10(11)13(8,12(16)17)14-9(2)15/h3-6,8H,7H2,1-2H3,(H,14,15)(H,16,17). The van der Waals surface area contributed by atoms with Gasteiger partial charge in [-0.15, -0.1) is 0 Å². The molecule has 0 fully saturated rings. The van der Waals surface area contributed by atoms with Crippen LogP contribution in [0.4, 0.5) is 0 Å². The van der Waals surface area contributed by atoms with E-state index >= 15 is 0 Å². The fourth-order valence-corrected chi connectivity index (χ4v) is 2.37. The van der Waals surface area contributed by atoms with E-state index in [4.69, 9.17) is 4.74 Å². The fourth-order valence-electron chi connectivity index (χ4n) is 2.37. The number of para-hydroxylation sites is 1. The summed E-state index contributed by atoms with van der Waals surface area (Å²) < 4.78 is 5.51. The lowest BCUT2D eigenvalue weighted by atomic mass is 9.77. The summed E-state index contributed by atoms with van der Waals surface area (Å²) in [6.07, 6.45) is 0. The van der Waals surface area contributed by atoms with Crippen LogP contribution in [0.15, 0.2) is 24.3 Å². The van der Waals surface area contributed by atoms with Crippen LogP contribution in [-0.2, 0) is 15.1 Å². The van der Waals surface area contributed by atoms with E-state index in [0.717, 1.165) is 0 Å². The smallest absolute Gasteiger partial charge is 0.334 e. The van der Waals surface area contributed by atoms with Crippen LogP contribution in [0, 0.1) is 5.92 Å². The Morgan fingerprint density at radius 3 is 2.72 bits per heavy atom. The van der Waals surface area contributed by atoms with Gasteiger partial charge in [-0.05, 0) is 6.07 Å². The van der Waals surface area contributed by atoms with E-state index in [2.05, 4.69) is 5.32 Å². The average molecular weight is 249 g/mol. The third-order valence-electron chi connectivity index (χ3n) is 3.25. The molecule has 18 heavy (non-hydrogen) atoms. The van der Waals surface area contributed by atoms with Crippen LogP contribution in [0.25, 0.3) is 0 Å². The molecule has 1 aromatic rings.